The largest absolute Gasteiger partial charge is 0.454 e. The van der Waals surface area contributed by atoms with Gasteiger partial charge in [0.1, 0.15) is 0 Å². The summed E-state index contributed by atoms with van der Waals surface area (Å²) < 4.78 is 5.10. The van der Waals surface area contributed by atoms with Crippen LogP contribution in [-0.4, -0.2) is 17.5 Å². The van der Waals surface area contributed by atoms with Gasteiger partial charge in [-0.15, -0.1) is 0 Å². The van der Waals surface area contributed by atoms with E-state index in [0.717, 1.165) is 24.8 Å². The van der Waals surface area contributed by atoms with Crippen LogP contribution in [0.5, 0.6) is 0 Å². The third-order valence-corrected chi connectivity index (χ3v) is 5.98. The lowest BCUT2D eigenvalue weighted by atomic mass is 10.0. The van der Waals surface area contributed by atoms with Crippen molar-refractivity contribution in [2.24, 2.45) is 0 Å². The molecule has 1 aromatic rings. The Labute approximate surface area is 206 Å². The van der Waals surface area contributed by atoms with Crippen LogP contribution < -0.4 is 0 Å². The Bertz CT molecular complexity index is 712. The average Bonchev–Trinajstić information content (AvgIpc) is 2.84. The van der Waals surface area contributed by atoms with E-state index >= 15 is 0 Å². The zero-order chi connectivity index (χ0) is 24.7. The lowest BCUT2D eigenvalue weighted by Gasteiger charge is -2.04. The van der Waals surface area contributed by atoms with Crippen LogP contribution in [0.1, 0.15) is 115 Å². The van der Waals surface area contributed by atoms with E-state index in [9.17, 15) is 14.9 Å². The Balaban J connectivity index is 2.00. The highest BCUT2D eigenvalue weighted by Crippen LogP contribution is 2.14. The highest BCUT2D eigenvalue weighted by molar-refractivity contribution is 5.69. The summed E-state index contributed by atoms with van der Waals surface area (Å²) in [6.45, 7) is 1.96. The van der Waals surface area contributed by atoms with Gasteiger partial charge < -0.3 is 4.74 Å². The van der Waals surface area contributed by atoms with E-state index in [1.807, 2.05) is 30.3 Å². The minimum atomic E-state index is -0.504. The summed E-state index contributed by atoms with van der Waals surface area (Å²) in [7, 11) is 0. The van der Waals surface area contributed by atoms with Gasteiger partial charge in [-0.3, -0.25) is 14.9 Å². The number of ether oxygens (including phenoxy) is 1. The lowest BCUT2D eigenvalue weighted by Crippen LogP contribution is -2.12. The maximum atomic E-state index is 11.9. The first-order valence-electron chi connectivity index (χ1n) is 13.4. The second kappa shape index (κ2) is 21.1. The SMILES string of the molecule is CCCCCCCCCCCCCCCCCC(=O)OC/C(=C/C=C/c1ccccc1)[N+](=O)[O-]. The molecule has 0 N–H and O–H groups in total. The smallest absolute Gasteiger partial charge is 0.306 e. The molecule has 190 valence electrons. The molecule has 34 heavy (non-hydrogen) atoms. The number of hydrogen-bond donors (Lipinski definition) is 0. The van der Waals surface area contributed by atoms with Crippen LogP contribution in [0.4, 0.5) is 0 Å². The van der Waals surface area contributed by atoms with Gasteiger partial charge in [-0.05, 0) is 12.0 Å². The first kappa shape index (κ1) is 29.6. The summed E-state index contributed by atoms with van der Waals surface area (Å²) in [5.41, 5.74) is 0.823. The molecule has 1 aromatic carbocycles. The molecule has 0 spiro atoms. The molecular weight excluding hydrogens is 426 g/mol. The van der Waals surface area contributed by atoms with E-state index in [4.69, 9.17) is 4.74 Å². The molecule has 0 amide bonds. The molecule has 0 atom stereocenters. The normalized spacial score (nSPS) is 11.7. The van der Waals surface area contributed by atoms with Crippen LogP contribution in [0.2, 0.25) is 0 Å². The monoisotopic (exact) mass is 471 g/mol. The van der Waals surface area contributed by atoms with Crippen LogP contribution in [0, 0.1) is 10.1 Å². The van der Waals surface area contributed by atoms with Gasteiger partial charge in [0, 0.05) is 12.5 Å². The van der Waals surface area contributed by atoms with Crippen molar-refractivity contribution < 1.29 is 14.5 Å². The maximum Gasteiger partial charge on any atom is 0.306 e. The molecule has 0 heterocycles. The number of rotatable bonds is 21. The van der Waals surface area contributed by atoms with Gasteiger partial charge in [0.2, 0.25) is 0 Å². The van der Waals surface area contributed by atoms with Crippen LogP contribution in [-0.2, 0) is 9.53 Å². The van der Waals surface area contributed by atoms with Crippen LogP contribution in [0.25, 0.3) is 6.08 Å². The number of nitro groups is 1. The number of benzene rings is 1. The third kappa shape index (κ3) is 17.1. The summed E-state index contributed by atoms with van der Waals surface area (Å²) in [6, 6.07) is 9.53. The highest BCUT2D eigenvalue weighted by atomic mass is 16.6. The van der Waals surface area contributed by atoms with Crippen LogP contribution >= 0.6 is 0 Å². The molecular formula is C29H45NO4. The summed E-state index contributed by atoms with van der Waals surface area (Å²) in [5.74, 6) is -0.366. The molecule has 0 aliphatic rings. The number of carbonyl (C=O) groups is 1. The Hall–Kier alpha value is -2.43. The summed E-state index contributed by atoms with van der Waals surface area (Å²) >= 11 is 0. The minimum Gasteiger partial charge on any atom is -0.454 e. The molecule has 0 bridgehead atoms. The second-order valence-corrected chi connectivity index (χ2v) is 9.05. The van der Waals surface area contributed by atoms with Gasteiger partial charge in [-0.25, -0.2) is 0 Å². The number of esters is 1. The van der Waals surface area contributed by atoms with Crippen molar-refractivity contribution in [3.8, 4) is 0 Å². The lowest BCUT2D eigenvalue weighted by molar-refractivity contribution is -0.429. The Morgan fingerprint density at radius 1 is 0.824 bits per heavy atom. The van der Waals surface area contributed by atoms with Crippen molar-refractivity contribution in [1.29, 1.82) is 0 Å². The Morgan fingerprint density at radius 3 is 1.82 bits per heavy atom. The molecule has 5 nitrogen and oxygen atoms in total. The van der Waals surface area contributed by atoms with Gasteiger partial charge in [-0.1, -0.05) is 139 Å². The molecule has 0 unspecified atom stereocenters. The number of nitrogens with zero attached hydrogens (tertiary/aromatic N) is 1. The number of hydrogen-bond acceptors (Lipinski definition) is 4. The van der Waals surface area contributed by atoms with Crippen molar-refractivity contribution in [3.05, 3.63) is 63.9 Å². The minimum absolute atomic E-state index is 0.128. The van der Waals surface area contributed by atoms with E-state index in [0.29, 0.717) is 6.42 Å². The van der Waals surface area contributed by atoms with E-state index in [2.05, 4.69) is 6.92 Å². The van der Waals surface area contributed by atoms with Gasteiger partial charge >= 0.3 is 5.97 Å². The van der Waals surface area contributed by atoms with E-state index in [1.54, 1.807) is 12.2 Å². The first-order chi connectivity index (χ1) is 16.6. The van der Waals surface area contributed by atoms with Crippen molar-refractivity contribution in [3.63, 3.8) is 0 Å². The van der Waals surface area contributed by atoms with Gasteiger partial charge in [0.05, 0.1) is 4.92 Å². The molecule has 0 saturated carbocycles. The number of allylic oxidation sites excluding steroid dienone is 2. The van der Waals surface area contributed by atoms with Crippen molar-refractivity contribution in [2.45, 2.75) is 110 Å². The predicted molar refractivity (Wildman–Crippen MR) is 141 cm³/mol. The first-order valence-corrected chi connectivity index (χ1v) is 13.4. The molecule has 0 aliphatic carbocycles. The Kier molecular flexibility index (Phi) is 18.4. The average molecular weight is 472 g/mol. The molecule has 0 fully saturated rings. The zero-order valence-electron chi connectivity index (χ0n) is 21.2. The fourth-order valence-corrected chi connectivity index (χ4v) is 3.86. The van der Waals surface area contributed by atoms with Crippen LogP contribution in [0.3, 0.4) is 0 Å². The third-order valence-electron chi connectivity index (χ3n) is 5.98. The van der Waals surface area contributed by atoms with E-state index in [-0.39, 0.29) is 18.3 Å². The molecule has 0 aromatic heterocycles. The predicted octanol–water partition coefficient (Wildman–Crippen LogP) is 8.67. The van der Waals surface area contributed by atoms with Crippen molar-refractivity contribution >= 4 is 12.0 Å². The number of unbranched alkanes of at least 4 members (excludes halogenated alkanes) is 14. The van der Waals surface area contributed by atoms with Gasteiger partial charge in [0.15, 0.2) is 6.61 Å². The van der Waals surface area contributed by atoms with E-state index in [1.165, 1.54) is 83.1 Å². The second-order valence-electron chi connectivity index (χ2n) is 9.05. The zero-order valence-corrected chi connectivity index (χ0v) is 21.2. The highest BCUT2D eigenvalue weighted by Gasteiger charge is 2.13. The quantitative estimate of drug-likeness (QED) is 0.0591. The standard InChI is InChI=1S/C29H45NO4/c1-2-3-4-5-6-7-8-9-10-11-12-13-14-15-19-25-29(31)34-26-28(30(32)33)24-20-23-27-21-17-16-18-22-27/h16-18,20-24H,2-15,19,25-26H2,1H3/b23-20+,28-24-. The molecule has 0 aliphatic heterocycles. The summed E-state index contributed by atoms with van der Waals surface area (Å²) in [6.07, 6.45) is 24.2. The fourth-order valence-electron chi connectivity index (χ4n) is 3.86. The molecule has 0 saturated heterocycles. The van der Waals surface area contributed by atoms with Gasteiger partial charge in [-0.2, -0.15) is 0 Å². The Morgan fingerprint density at radius 2 is 1.32 bits per heavy atom. The molecule has 5 heteroatoms. The van der Waals surface area contributed by atoms with Crippen LogP contribution in [0.15, 0.2) is 48.2 Å². The van der Waals surface area contributed by atoms with Gasteiger partial charge in [0.25, 0.3) is 5.70 Å². The number of carbonyl (C=O) groups excluding carboxylic acids is 1. The summed E-state index contributed by atoms with van der Waals surface area (Å²) in [5, 5.41) is 11.2. The maximum absolute atomic E-state index is 11.9. The van der Waals surface area contributed by atoms with Crippen molar-refractivity contribution in [2.75, 3.05) is 6.61 Å². The van der Waals surface area contributed by atoms with E-state index < -0.39 is 4.92 Å². The topological polar surface area (TPSA) is 69.4 Å². The molecule has 0 radical (unpaired) electrons. The molecule has 1 rings (SSSR count). The van der Waals surface area contributed by atoms with Crippen molar-refractivity contribution in [1.82, 2.24) is 0 Å². The summed E-state index contributed by atoms with van der Waals surface area (Å²) in [4.78, 5) is 22.6. The fraction of sp³-hybridized carbons (Fsp3) is 0.621.